The minimum atomic E-state index is 0.121. The molecule has 2 aromatic rings. The van der Waals surface area contributed by atoms with Crippen molar-refractivity contribution < 1.29 is 4.74 Å². The molecule has 2 aromatic carbocycles. The number of aliphatic imine (C=N–C) groups is 1. The number of nitrogens with one attached hydrogen (secondary N) is 1. The molecule has 1 aliphatic heterocycles. The summed E-state index contributed by atoms with van der Waals surface area (Å²) in [5.41, 5.74) is 9.52. The van der Waals surface area contributed by atoms with Crippen molar-refractivity contribution in [1.29, 1.82) is 0 Å². The highest BCUT2D eigenvalue weighted by atomic mass is 35.5. The van der Waals surface area contributed by atoms with Crippen LogP contribution in [0.3, 0.4) is 0 Å². The minimum Gasteiger partial charge on any atom is -0.379 e. The Bertz CT molecular complexity index is 757. The molecule has 0 aromatic heterocycles. The largest absolute Gasteiger partial charge is 0.379 e. The number of benzene rings is 2. The van der Waals surface area contributed by atoms with Crippen molar-refractivity contribution in [3.05, 3.63) is 64.7 Å². The molecule has 0 radical (unpaired) electrons. The zero-order valence-corrected chi connectivity index (χ0v) is 16.5. The molecule has 1 unspecified atom stereocenters. The fourth-order valence-electron chi connectivity index (χ4n) is 3.23. The molecule has 1 fully saturated rings. The van der Waals surface area contributed by atoms with Gasteiger partial charge in [-0.1, -0.05) is 42.8 Å². The molecular weight excluding hydrogens is 360 g/mol. The highest BCUT2D eigenvalue weighted by molar-refractivity contribution is 6.30. The molecule has 3 N–H and O–H groups in total. The van der Waals surface area contributed by atoms with E-state index in [1.807, 2.05) is 30.3 Å². The summed E-state index contributed by atoms with van der Waals surface area (Å²) >= 11 is 6.21. The fourth-order valence-corrected chi connectivity index (χ4v) is 3.43. The van der Waals surface area contributed by atoms with Crippen LogP contribution in [-0.2, 0) is 11.2 Å². The smallest absolute Gasteiger partial charge is 0.193 e. The van der Waals surface area contributed by atoms with Gasteiger partial charge in [0.15, 0.2) is 5.96 Å². The molecule has 144 valence electrons. The Morgan fingerprint density at radius 1 is 1.22 bits per heavy atom. The molecule has 1 aliphatic rings. The SMILES string of the molecule is CCc1ccc(NC(N)=NCC(c2cccc(Cl)c2)N2CCOCC2)cc1. The number of hydrogen-bond donors (Lipinski definition) is 2. The molecule has 1 atom stereocenters. The van der Waals surface area contributed by atoms with Crippen molar-refractivity contribution in [3.8, 4) is 0 Å². The standard InChI is InChI=1S/C21H27ClN4O/c1-2-16-6-8-19(9-7-16)25-21(23)24-15-20(26-10-12-27-13-11-26)17-4-3-5-18(22)14-17/h3-9,14,20H,2,10-13,15H2,1H3,(H3,23,24,25). The monoisotopic (exact) mass is 386 g/mol. The number of aryl methyl sites for hydroxylation is 1. The Labute approximate surface area is 166 Å². The first kappa shape index (κ1) is 19.7. The summed E-state index contributed by atoms with van der Waals surface area (Å²) in [6.45, 7) is 5.92. The number of halogens is 1. The van der Waals surface area contributed by atoms with Crippen LogP contribution in [0.2, 0.25) is 5.02 Å². The quantitative estimate of drug-likeness (QED) is 0.587. The Kier molecular flexibility index (Phi) is 7.10. The van der Waals surface area contributed by atoms with Crippen molar-refractivity contribution in [2.75, 3.05) is 38.2 Å². The fraction of sp³-hybridized carbons (Fsp3) is 0.381. The van der Waals surface area contributed by atoms with E-state index < -0.39 is 0 Å². The Morgan fingerprint density at radius 2 is 1.96 bits per heavy atom. The number of nitrogens with zero attached hydrogens (tertiary/aromatic N) is 2. The van der Waals surface area contributed by atoms with E-state index >= 15 is 0 Å². The van der Waals surface area contributed by atoms with Gasteiger partial charge in [-0.3, -0.25) is 9.89 Å². The van der Waals surface area contributed by atoms with Crippen molar-refractivity contribution in [3.63, 3.8) is 0 Å². The van der Waals surface area contributed by atoms with E-state index in [0.29, 0.717) is 12.5 Å². The topological polar surface area (TPSA) is 62.9 Å². The lowest BCUT2D eigenvalue weighted by atomic mass is 10.0. The van der Waals surface area contributed by atoms with Crippen LogP contribution in [0.15, 0.2) is 53.5 Å². The second-order valence-corrected chi connectivity index (χ2v) is 7.06. The number of guanidine groups is 1. The van der Waals surface area contributed by atoms with Crippen molar-refractivity contribution in [2.45, 2.75) is 19.4 Å². The van der Waals surface area contributed by atoms with Gasteiger partial charge in [0.1, 0.15) is 0 Å². The number of hydrogen-bond acceptors (Lipinski definition) is 3. The van der Waals surface area contributed by atoms with Gasteiger partial charge >= 0.3 is 0 Å². The summed E-state index contributed by atoms with van der Waals surface area (Å²) in [5.74, 6) is 0.416. The van der Waals surface area contributed by atoms with E-state index in [9.17, 15) is 0 Å². The lowest BCUT2D eigenvalue weighted by Crippen LogP contribution is -2.40. The summed E-state index contributed by atoms with van der Waals surface area (Å²) in [4.78, 5) is 6.98. The molecule has 0 spiro atoms. The van der Waals surface area contributed by atoms with Gasteiger partial charge in [-0.25, -0.2) is 0 Å². The van der Waals surface area contributed by atoms with Gasteiger partial charge in [0.2, 0.25) is 0 Å². The van der Waals surface area contributed by atoms with Gasteiger partial charge in [0, 0.05) is 23.8 Å². The molecule has 1 saturated heterocycles. The molecule has 0 bridgehead atoms. The maximum atomic E-state index is 6.21. The van der Waals surface area contributed by atoms with E-state index in [2.05, 4.69) is 40.3 Å². The summed E-state index contributed by atoms with van der Waals surface area (Å²) in [7, 11) is 0. The first-order chi connectivity index (χ1) is 13.2. The molecular formula is C21H27ClN4O. The number of morpholine rings is 1. The average molecular weight is 387 g/mol. The van der Waals surface area contributed by atoms with Crippen LogP contribution in [0.5, 0.6) is 0 Å². The number of anilines is 1. The number of ether oxygens (including phenoxy) is 1. The highest BCUT2D eigenvalue weighted by Gasteiger charge is 2.22. The zero-order valence-electron chi connectivity index (χ0n) is 15.7. The second kappa shape index (κ2) is 9.74. The lowest BCUT2D eigenvalue weighted by molar-refractivity contribution is 0.0180. The van der Waals surface area contributed by atoms with Crippen LogP contribution in [0.1, 0.15) is 24.1 Å². The number of rotatable bonds is 6. The van der Waals surface area contributed by atoms with Gasteiger partial charge in [-0.15, -0.1) is 0 Å². The predicted molar refractivity (Wildman–Crippen MR) is 113 cm³/mol. The van der Waals surface area contributed by atoms with E-state index in [0.717, 1.165) is 49.0 Å². The third-order valence-corrected chi connectivity index (χ3v) is 5.02. The van der Waals surface area contributed by atoms with Crippen molar-refractivity contribution >= 4 is 23.2 Å². The molecule has 5 nitrogen and oxygen atoms in total. The maximum absolute atomic E-state index is 6.21. The summed E-state index contributed by atoms with van der Waals surface area (Å²) in [5, 5.41) is 3.91. The van der Waals surface area contributed by atoms with Gasteiger partial charge in [-0.2, -0.15) is 0 Å². The zero-order chi connectivity index (χ0) is 19.1. The van der Waals surface area contributed by atoms with Crippen LogP contribution < -0.4 is 11.1 Å². The molecule has 0 saturated carbocycles. The normalized spacial score (nSPS) is 16.9. The summed E-state index contributed by atoms with van der Waals surface area (Å²) in [6.07, 6.45) is 1.02. The highest BCUT2D eigenvalue weighted by Crippen LogP contribution is 2.25. The van der Waals surface area contributed by atoms with Gasteiger partial charge in [-0.05, 0) is 41.8 Å². The summed E-state index contributed by atoms with van der Waals surface area (Å²) < 4.78 is 5.49. The van der Waals surface area contributed by atoms with Gasteiger partial charge < -0.3 is 15.8 Å². The average Bonchev–Trinajstić information content (AvgIpc) is 2.70. The minimum absolute atomic E-state index is 0.121. The molecule has 6 heteroatoms. The lowest BCUT2D eigenvalue weighted by Gasteiger charge is -2.34. The van der Waals surface area contributed by atoms with Crippen molar-refractivity contribution in [2.24, 2.45) is 10.7 Å². The van der Waals surface area contributed by atoms with Crippen LogP contribution >= 0.6 is 11.6 Å². The van der Waals surface area contributed by atoms with E-state index in [-0.39, 0.29) is 6.04 Å². The number of nitrogens with two attached hydrogens (primary N) is 1. The van der Waals surface area contributed by atoms with Crippen LogP contribution in [-0.4, -0.2) is 43.7 Å². The van der Waals surface area contributed by atoms with Gasteiger partial charge in [0.25, 0.3) is 0 Å². The maximum Gasteiger partial charge on any atom is 0.193 e. The molecule has 0 amide bonds. The van der Waals surface area contributed by atoms with Crippen LogP contribution in [0.25, 0.3) is 0 Å². The Balaban J connectivity index is 1.71. The molecule has 27 heavy (non-hydrogen) atoms. The third kappa shape index (κ3) is 5.70. The Morgan fingerprint density at radius 3 is 2.63 bits per heavy atom. The third-order valence-electron chi connectivity index (χ3n) is 4.79. The first-order valence-corrected chi connectivity index (χ1v) is 9.76. The van der Waals surface area contributed by atoms with Crippen molar-refractivity contribution in [1.82, 2.24) is 4.90 Å². The molecule has 1 heterocycles. The van der Waals surface area contributed by atoms with Crippen LogP contribution in [0, 0.1) is 0 Å². The van der Waals surface area contributed by atoms with Gasteiger partial charge in [0.05, 0.1) is 25.8 Å². The van der Waals surface area contributed by atoms with Crippen LogP contribution in [0.4, 0.5) is 5.69 Å². The predicted octanol–water partition coefficient (Wildman–Crippen LogP) is 3.70. The first-order valence-electron chi connectivity index (χ1n) is 9.39. The molecule has 0 aliphatic carbocycles. The second-order valence-electron chi connectivity index (χ2n) is 6.62. The van der Waals surface area contributed by atoms with E-state index in [1.54, 1.807) is 0 Å². The van der Waals surface area contributed by atoms with E-state index in [1.165, 1.54) is 5.56 Å². The Hall–Kier alpha value is -2.08. The summed E-state index contributed by atoms with van der Waals surface area (Å²) in [6, 6.07) is 16.3. The van der Waals surface area contributed by atoms with E-state index in [4.69, 9.17) is 22.1 Å². The molecule has 3 rings (SSSR count).